The van der Waals surface area contributed by atoms with Gasteiger partial charge in [-0.15, -0.1) is 0 Å². The van der Waals surface area contributed by atoms with Gasteiger partial charge in [0, 0.05) is 12.8 Å². The van der Waals surface area contributed by atoms with Crippen LogP contribution in [0.5, 0.6) is 0 Å². The molecule has 236 valence electrons. The third kappa shape index (κ3) is 17.0. The number of carbonyl (C=O) groups is 2. The van der Waals surface area contributed by atoms with Crippen molar-refractivity contribution in [3.8, 4) is 0 Å². The standard InChI is InChI=1S/C34H64O6/c1-3-5-7-9-11-13-15-17-19-25-33(29-35)27-21-23-32(38)40-34(30-36,28-22-24-31(37)39-33)26-20-18-16-14-12-10-8-6-4-2/h35-36H,3-30H2,1-2H3/t33-,34+. The van der Waals surface area contributed by atoms with Crippen LogP contribution in [-0.4, -0.2) is 46.6 Å². The summed E-state index contributed by atoms with van der Waals surface area (Å²) in [7, 11) is 0. The lowest BCUT2D eigenvalue weighted by molar-refractivity contribution is -0.173. The molecule has 1 aliphatic heterocycles. The van der Waals surface area contributed by atoms with Crippen LogP contribution < -0.4 is 0 Å². The fraction of sp³-hybridized carbons (Fsp3) is 0.941. The molecule has 0 bridgehead atoms. The number of hydrogen-bond donors (Lipinski definition) is 2. The lowest BCUT2D eigenvalue weighted by atomic mass is 9.88. The molecule has 0 aromatic rings. The summed E-state index contributed by atoms with van der Waals surface area (Å²) in [5.74, 6) is -0.599. The second-order valence-corrected chi connectivity index (χ2v) is 12.5. The van der Waals surface area contributed by atoms with Gasteiger partial charge in [-0.05, 0) is 51.4 Å². The Balaban J connectivity index is 2.53. The second kappa shape index (κ2) is 23.4. The molecule has 40 heavy (non-hydrogen) atoms. The molecular weight excluding hydrogens is 504 g/mol. The normalized spacial score (nSPS) is 22.8. The molecule has 6 nitrogen and oxygen atoms in total. The molecular formula is C34H64O6. The maximum Gasteiger partial charge on any atom is 0.306 e. The molecule has 0 unspecified atom stereocenters. The third-order valence-corrected chi connectivity index (χ3v) is 8.74. The number of carbonyl (C=O) groups excluding carboxylic acids is 2. The number of rotatable bonds is 22. The zero-order chi connectivity index (χ0) is 29.4. The van der Waals surface area contributed by atoms with Gasteiger partial charge in [-0.3, -0.25) is 9.59 Å². The molecule has 0 saturated carbocycles. The molecule has 6 heteroatoms. The summed E-state index contributed by atoms with van der Waals surface area (Å²) < 4.78 is 11.9. The van der Waals surface area contributed by atoms with Crippen LogP contribution in [0.3, 0.4) is 0 Å². The summed E-state index contributed by atoms with van der Waals surface area (Å²) in [6, 6.07) is 0. The molecule has 0 aromatic heterocycles. The lowest BCUT2D eigenvalue weighted by Crippen LogP contribution is -2.42. The molecule has 0 radical (unpaired) electrons. The van der Waals surface area contributed by atoms with Crippen molar-refractivity contribution in [1.29, 1.82) is 0 Å². The zero-order valence-electron chi connectivity index (χ0n) is 26.3. The van der Waals surface area contributed by atoms with E-state index in [2.05, 4.69) is 13.8 Å². The van der Waals surface area contributed by atoms with Crippen LogP contribution in [0.15, 0.2) is 0 Å². The van der Waals surface area contributed by atoms with Crippen molar-refractivity contribution >= 4 is 11.9 Å². The number of aliphatic hydroxyl groups is 2. The predicted molar refractivity (Wildman–Crippen MR) is 163 cm³/mol. The Kier molecular flexibility index (Phi) is 21.6. The molecule has 0 amide bonds. The maximum absolute atomic E-state index is 12.8. The Bertz CT molecular complexity index is 584. The van der Waals surface area contributed by atoms with Crippen molar-refractivity contribution in [2.24, 2.45) is 0 Å². The van der Waals surface area contributed by atoms with Crippen molar-refractivity contribution in [3.05, 3.63) is 0 Å². The molecule has 0 aliphatic carbocycles. The average molecular weight is 569 g/mol. The van der Waals surface area contributed by atoms with Crippen molar-refractivity contribution in [2.45, 2.75) is 192 Å². The average Bonchev–Trinajstić information content (AvgIpc) is 2.94. The van der Waals surface area contributed by atoms with Crippen molar-refractivity contribution < 1.29 is 29.3 Å². The Morgan fingerprint density at radius 1 is 0.525 bits per heavy atom. The van der Waals surface area contributed by atoms with Crippen LogP contribution in [0.25, 0.3) is 0 Å². The molecule has 1 fully saturated rings. The molecule has 0 spiro atoms. The minimum absolute atomic E-state index is 0.205. The topological polar surface area (TPSA) is 93.1 Å². The molecule has 0 aromatic carbocycles. The minimum Gasteiger partial charge on any atom is -0.457 e. The second-order valence-electron chi connectivity index (χ2n) is 12.5. The Labute approximate surface area is 246 Å². The maximum atomic E-state index is 12.8. The van der Waals surface area contributed by atoms with Gasteiger partial charge >= 0.3 is 11.9 Å². The van der Waals surface area contributed by atoms with Gasteiger partial charge < -0.3 is 19.7 Å². The van der Waals surface area contributed by atoms with Gasteiger partial charge in [0.15, 0.2) is 0 Å². The number of unbranched alkanes of at least 4 members (excludes halogenated alkanes) is 16. The van der Waals surface area contributed by atoms with Gasteiger partial charge in [-0.1, -0.05) is 117 Å². The number of cyclic esters (lactones) is 2. The van der Waals surface area contributed by atoms with Crippen molar-refractivity contribution in [1.82, 2.24) is 0 Å². The Hall–Kier alpha value is -1.14. The smallest absolute Gasteiger partial charge is 0.306 e. The first-order valence-electron chi connectivity index (χ1n) is 17.1. The van der Waals surface area contributed by atoms with Gasteiger partial charge in [0.05, 0.1) is 13.2 Å². The third-order valence-electron chi connectivity index (χ3n) is 8.74. The fourth-order valence-electron chi connectivity index (χ4n) is 6.05. The fourth-order valence-corrected chi connectivity index (χ4v) is 6.05. The van der Waals surface area contributed by atoms with E-state index in [1.165, 1.54) is 77.0 Å². The van der Waals surface area contributed by atoms with E-state index < -0.39 is 11.2 Å². The van der Waals surface area contributed by atoms with E-state index in [0.29, 0.717) is 38.5 Å². The van der Waals surface area contributed by atoms with E-state index in [-0.39, 0.29) is 38.0 Å². The predicted octanol–water partition coefficient (Wildman–Crippen LogP) is 8.73. The molecule has 2 atom stereocenters. The Morgan fingerprint density at radius 3 is 1.12 bits per heavy atom. The number of ether oxygens (including phenoxy) is 2. The molecule has 1 heterocycles. The van der Waals surface area contributed by atoms with E-state index >= 15 is 0 Å². The molecule has 1 saturated heterocycles. The van der Waals surface area contributed by atoms with Crippen LogP contribution in [0, 0.1) is 0 Å². The summed E-state index contributed by atoms with van der Waals surface area (Å²) in [6.45, 7) is 4.03. The SMILES string of the molecule is CCCCCCCCCCC[C@@]1(CO)CCCC(=O)O[C@](CO)(CCCCCCCCCCC)CCCC(=O)O1. The van der Waals surface area contributed by atoms with Gasteiger partial charge in [0.25, 0.3) is 0 Å². The van der Waals surface area contributed by atoms with Crippen molar-refractivity contribution in [2.75, 3.05) is 13.2 Å². The minimum atomic E-state index is -0.914. The summed E-state index contributed by atoms with van der Waals surface area (Å²) in [6.07, 6.45) is 25.2. The van der Waals surface area contributed by atoms with Crippen LogP contribution in [-0.2, 0) is 19.1 Å². The van der Waals surface area contributed by atoms with E-state index in [4.69, 9.17) is 9.47 Å². The highest BCUT2D eigenvalue weighted by atomic mass is 16.6. The Morgan fingerprint density at radius 2 is 0.825 bits per heavy atom. The van der Waals surface area contributed by atoms with E-state index in [1.54, 1.807) is 0 Å². The number of aliphatic hydroxyl groups excluding tert-OH is 2. The largest absolute Gasteiger partial charge is 0.457 e. The van der Waals surface area contributed by atoms with E-state index in [9.17, 15) is 19.8 Å². The summed E-state index contributed by atoms with van der Waals surface area (Å²) >= 11 is 0. The highest BCUT2D eigenvalue weighted by Crippen LogP contribution is 2.32. The van der Waals surface area contributed by atoms with Gasteiger partial charge in [-0.2, -0.15) is 0 Å². The van der Waals surface area contributed by atoms with E-state index in [0.717, 1.165) is 38.5 Å². The first-order chi connectivity index (χ1) is 19.4. The molecule has 1 rings (SSSR count). The van der Waals surface area contributed by atoms with Crippen LogP contribution in [0.2, 0.25) is 0 Å². The first-order valence-corrected chi connectivity index (χ1v) is 17.1. The summed E-state index contributed by atoms with van der Waals surface area (Å²) in [5.41, 5.74) is -1.83. The highest BCUT2D eigenvalue weighted by Gasteiger charge is 2.37. The summed E-state index contributed by atoms with van der Waals surface area (Å²) in [4.78, 5) is 25.6. The van der Waals surface area contributed by atoms with Gasteiger partial charge in [-0.25, -0.2) is 0 Å². The van der Waals surface area contributed by atoms with Crippen molar-refractivity contribution in [3.63, 3.8) is 0 Å². The van der Waals surface area contributed by atoms with E-state index in [1.807, 2.05) is 0 Å². The highest BCUT2D eigenvalue weighted by molar-refractivity contribution is 5.71. The summed E-state index contributed by atoms with van der Waals surface area (Å²) in [5, 5.41) is 20.5. The zero-order valence-corrected chi connectivity index (χ0v) is 26.3. The monoisotopic (exact) mass is 568 g/mol. The van der Waals surface area contributed by atoms with Crippen LogP contribution in [0.4, 0.5) is 0 Å². The number of hydrogen-bond acceptors (Lipinski definition) is 6. The first kappa shape index (κ1) is 36.9. The van der Waals surface area contributed by atoms with Crippen LogP contribution >= 0.6 is 0 Å². The quantitative estimate of drug-likeness (QED) is 0.100. The lowest BCUT2D eigenvalue weighted by Gasteiger charge is -2.35. The van der Waals surface area contributed by atoms with Gasteiger partial charge in [0.1, 0.15) is 11.2 Å². The molecule has 1 aliphatic rings. The molecule has 2 N–H and O–H groups in total. The van der Waals surface area contributed by atoms with Gasteiger partial charge in [0.2, 0.25) is 0 Å². The number of esters is 2. The van der Waals surface area contributed by atoms with Crippen LogP contribution in [0.1, 0.15) is 181 Å².